The van der Waals surface area contributed by atoms with Crippen molar-refractivity contribution in [1.82, 2.24) is 10.3 Å². The first-order valence-electron chi connectivity index (χ1n) is 6.63. The Hall–Kier alpha value is -2.44. The molecular formula is C14H19N3O4. The summed E-state index contributed by atoms with van der Waals surface area (Å²) in [5, 5.41) is 11.9. The van der Waals surface area contributed by atoms with E-state index < -0.39 is 23.2 Å². The van der Waals surface area contributed by atoms with Gasteiger partial charge in [-0.05, 0) is 25.0 Å². The number of carboxylic acids is 1. The highest BCUT2D eigenvalue weighted by Gasteiger charge is 2.35. The number of primary amides is 1. The highest BCUT2D eigenvalue weighted by molar-refractivity contribution is 5.95. The number of hydrogen-bond donors (Lipinski definition) is 3. The zero-order valence-electron chi connectivity index (χ0n) is 12.0. The van der Waals surface area contributed by atoms with Crippen molar-refractivity contribution < 1.29 is 19.5 Å². The van der Waals surface area contributed by atoms with Gasteiger partial charge in [0.1, 0.15) is 5.69 Å². The van der Waals surface area contributed by atoms with E-state index in [1.165, 1.54) is 18.3 Å². The van der Waals surface area contributed by atoms with Crippen LogP contribution in [0.25, 0.3) is 0 Å². The smallest absolute Gasteiger partial charge is 0.311 e. The van der Waals surface area contributed by atoms with Crippen molar-refractivity contribution in [1.29, 1.82) is 0 Å². The molecule has 0 saturated heterocycles. The minimum Gasteiger partial charge on any atom is -0.481 e. The Morgan fingerprint density at radius 2 is 1.90 bits per heavy atom. The van der Waals surface area contributed by atoms with E-state index in [1.54, 1.807) is 13.8 Å². The third kappa shape index (κ3) is 3.77. The van der Waals surface area contributed by atoms with Crippen LogP contribution in [0.4, 0.5) is 0 Å². The summed E-state index contributed by atoms with van der Waals surface area (Å²) >= 11 is 0. The highest BCUT2D eigenvalue weighted by Crippen LogP contribution is 2.25. The van der Waals surface area contributed by atoms with Crippen LogP contribution >= 0.6 is 0 Å². The summed E-state index contributed by atoms with van der Waals surface area (Å²) in [7, 11) is 0. The summed E-state index contributed by atoms with van der Waals surface area (Å²) in [5.74, 6) is -2.06. The number of nitrogens with one attached hydrogen (secondary N) is 1. The lowest BCUT2D eigenvalue weighted by Gasteiger charge is -2.26. The zero-order valence-corrected chi connectivity index (χ0v) is 12.0. The molecule has 1 heterocycles. The molecule has 7 heteroatoms. The third-order valence-electron chi connectivity index (χ3n) is 3.68. The highest BCUT2D eigenvalue weighted by atomic mass is 16.4. The summed E-state index contributed by atoms with van der Waals surface area (Å²) in [5.41, 5.74) is 4.40. The maximum absolute atomic E-state index is 11.9. The number of nitrogens with two attached hydrogens (primary N) is 1. The molecule has 2 amide bonds. The number of pyridine rings is 1. The molecule has 0 aliphatic heterocycles. The number of carbonyl (C=O) groups excluding carboxylic acids is 2. The fourth-order valence-corrected chi connectivity index (χ4v) is 1.89. The van der Waals surface area contributed by atoms with Gasteiger partial charge < -0.3 is 16.2 Å². The predicted molar refractivity (Wildman–Crippen MR) is 75.7 cm³/mol. The standard InChI is InChI=1S/C14H19N3O4/c1-3-14(4-2,13(20)21)8-17-12(19)10-6-5-9(7-16-10)11(15)18/h5-7H,3-4,8H2,1-2H3,(H2,15,18)(H,17,19)(H,20,21). The lowest BCUT2D eigenvalue weighted by molar-refractivity contribution is -0.149. The first-order valence-corrected chi connectivity index (χ1v) is 6.63. The van der Waals surface area contributed by atoms with E-state index in [2.05, 4.69) is 10.3 Å². The van der Waals surface area contributed by atoms with Crippen LogP contribution in [0, 0.1) is 5.41 Å². The molecule has 1 aromatic heterocycles. The number of aliphatic carboxylic acids is 1. The van der Waals surface area contributed by atoms with Gasteiger partial charge in [0.2, 0.25) is 5.91 Å². The zero-order chi connectivity index (χ0) is 16.0. The van der Waals surface area contributed by atoms with Gasteiger partial charge in [-0.15, -0.1) is 0 Å². The van der Waals surface area contributed by atoms with Gasteiger partial charge in [-0.2, -0.15) is 0 Å². The monoisotopic (exact) mass is 293 g/mol. The van der Waals surface area contributed by atoms with E-state index in [0.29, 0.717) is 12.8 Å². The van der Waals surface area contributed by atoms with Crippen molar-refractivity contribution in [3.63, 3.8) is 0 Å². The predicted octanol–water partition coefficient (Wildman–Crippen LogP) is 0.801. The van der Waals surface area contributed by atoms with Crippen LogP contribution in [-0.4, -0.2) is 34.4 Å². The number of carbonyl (C=O) groups is 3. The van der Waals surface area contributed by atoms with Gasteiger partial charge in [-0.1, -0.05) is 13.8 Å². The molecule has 0 fully saturated rings. The number of carboxylic acid groups (broad SMARTS) is 1. The van der Waals surface area contributed by atoms with Crippen LogP contribution in [0.5, 0.6) is 0 Å². The second-order valence-electron chi connectivity index (χ2n) is 4.77. The minimum atomic E-state index is -0.983. The minimum absolute atomic E-state index is 0.0212. The molecule has 114 valence electrons. The average Bonchev–Trinajstić information content (AvgIpc) is 2.48. The Morgan fingerprint density at radius 1 is 1.29 bits per heavy atom. The van der Waals surface area contributed by atoms with Crippen LogP contribution in [0.1, 0.15) is 47.5 Å². The Kier molecular flexibility index (Phi) is 5.40. The fraction of sp³-hybridized carbons (Fsp3) is 0.429. The molecule has 1 rings (SSSR count). The Labute approximate surface area is 122 Å². The van der Waals surface area contributed by atoms with Crippen molar-refractivity contribution in [3.8, 4) is 0 Å². The maximum Gasteiger partial charge on any atom is 0.311 e. The number of rotatable bonds is 7. The largest absolute Gasteiger partial charge is 0.481 e. The Morgan fingerprint density at radius 3 is 2.29 bits per heavy atom. The maximum atomic E-state index is 11.9. The van der Waals surface area contributed by atoms with Gasteiger partial charge in [-0.3, -0.25) is 19.4 Å². The SMILES string of the molecule is CCC(CC)(CNC(=O)c1ccc(C(N)=O)cn1)C(=O)O. The third-order valence-corrected chi connectivity index (χ3v) is 3.68. The molecular weight excluding hydrogens is 274 g/mol. The molecule has 0 radical (unpaired) electrons. The van der Waals surface area contributed by atoms with Crippen LogP contribution in [0.15, 0.2) is 18.3 Å². The van der Waals surface area contributed by atoms with E-state index in [4.69, 9.17) is 5.73 Å². The molecule has 4 N–H and O–H groups in total. The van der Waals surface area contributed by atoms with Crippen molar-refractivity contribution in [2.75, 3.05) is 6.54 Å². The summed E-state index contributed by atoms with van der Waals surface area (Å²) < 4.78 is 0. The Bertz CT molecular complexity index is 536. The normalized spacial score (nSPS) is 11.0. The van der Waals surface area contributed by atoms with E-state index in [9.17, 15) is 19.5 Å². The van der Waals surface area contributed by atoms with Crippen molar-refractivity contribution >= 4 is 17.8 Å². The number of nitrogens with zero attached hydrogens (tertiary/aromatic N) is 1. The average molecular weight is 293 g/mol. The first-order chi connectivity index (χ1) is 9.86. The first kappa shape index (κ1) is 16.6. The summed E-state index contributed by atoms with van der Waals surface area (Å²) in [4.78, 5) is 38.0. The van der Waals surface area contributed by atoms with Crippen LogP contribution in [-0.2, 0) is 4.79 Å². The topological polar surface area (TPSA) is 122 Å². The number of aromatic nitrogens is 1. The van der Waals surface area contributed by atoms with Gasteiger partial charge in [-0.25, -0.2) is 0 Å². The molecule has 0 aliphatic carbocycles. The van der Waals surface area contributed by atoms with Crippen molar-refractivity contribution in [2.24, 2.45) is 11.1 Å². The van der Waals surface area contributed by atoms with Crippen molar-refractivity contribution in [3.05, 3.63) is 29.6 Å². The second-order valence-corrected chi connectivity index (χ2v) is 4.77. The molecule has 0 spiro atoms. The molecule has 0 bridgehead atoms. The molecule has 0 atom stereocenters. The summed E-state index contributed by atoms with van der Waals surface area (Å²) in [6.45, 7) is 3.56. The van der Waals surface area contributed by atoms with E-state index >= 15 is 0 Å². The fourth-order valence-electron chi connectivity index (χ4n) is 1.89. The van der Waals surface area contributed by atoms with E-state index in [1.807, 2.05) is 0 Å². The summed E-state index contributed by atoms with van der Waals surface area (Å²) in [6.07, 6.45) is 2.03. The molecule has 0 unspecified atom stereocenters. The van der Waals surface area contributed by atoms with E-state index in [0.717, 1.165) is 0 Å². The molecule has 0 aromatic carbocycles. The Balaban J connectivity index is 2.77. The number of hydrogen-bond acceptors (Lipinski definition) is 4. The van der Waals surface area contributed by atoms with Crippen LogP contribution in [0.2, 0.25) is 0 Å². The number of amides is 2. The lowest BCUT2D eigenvalue weighted by atomic mass is 9.82. The molecule has 0 saturated carbocycles. The van der Waals surface area contributed by atoms with Crippen LogP contribution < -0.4 is 11.1 Å². The van der Waals surface area contributed by atoms with Gasteiger partial charge in [0.25, 0.3) is 5.91 Å². The molecule has 1 aromatic rings. The molecule has 21 heavy (non-hydrogen) atoms. The van der Waals surface area contributed by atoms with Crippen molar-refractivity contribution in [2.45, 2.75) is 26.7 Å². The second kappa shape index (κ2) is 6.83. The van der Waals surface area contributed by atoms with Crippen LogP contribution in [0.3, 0.4) is 0 Å². The van der Waals surface area contributed by atoms with Gasteiger partial charge >= 0.3 is 5.97 Å². The van der Waals surface area contributed by atoms with Gasteiger partial charge in [0, 0.05) is 12.7 Å². The quantitative estimate of drug-likeness (QED) is 0.686. The lowest BCUT2D eigenvalue weighted by Crippen LogP contribution is -2.42. The summed E-state index contributed by atoms with van der Waals surface area (Å²) in [6, 6.07) is 2.77. The van der Waals surface area contributed by atoms with E-state index in [-0.39, 0.29) is 17.8 Å². The molecule has 7 nitrogen and oxygen atoms in total. The molecule has 0 aliphatic rings. The van der Waals surface area contributed by atoms with Gasteiger partial charge in [0.05, 0.1) is 11.0 Å². The van der Waals surface area contributed by atoms with Gasteiger partial charge in [0.15, 0.2) is 0 Å².